The van der Waals surface area contributed by atoms with Crippen molar-refractivity contribution < 1.29 is 52.6 Å². The number of alkyl halides is 9. The molecule has 1 fully saturated rings. The number of aryl methyl sites for hydroxylation is 2. The molecule has 0 radical (unpaired) electrons. The maximum atomic E-state index is 14.3. The van der Waals surface area contributed by atoms with Crippen molar-refractivity contribution in [1.82, 2.24) is 9.80 Å². The summed E-state index contributed by atoms with van der Waals surface area (Å²) in [5.41, 5.74) is -2.61. The number of halogens is 11. The minimum absolute atomic E-state index is 0.0269. The molecule has 0 amide bonds. The fourth-order valence-corrected chi connectivity index (χ4v) is 5.78. The third-order valence-electron chi connectivity index (χ3n) is 8.19. The van der Waals surface area contributed by atoms with E-state index in [1.54, 1.807) is 11.8 Å². The summed E-state index contributed by atoms with van der Waals surface area (Å²) >= 11 is 0.194. The molecular formula is C36H38Cl2F9FeN4. The van der Waals surface area contributed by atoms with E-state index in [1.165, 1.54) is 31.5 Å². The Kier molecular flexibility index (Phi) is 14.6. The van der Waals surface area contributed by atoms with Crippen LogP contribution < -0.4 is 0 Å². The second kappa shape index (κ2) is 17.5. The van der Waals surface area contributed by atoms with Crippen LogP contribution in [0.5, 0.6) is 0 Å². The summed E-state index contributed by atoms with van der Waals surface area (Å²) in [6, 6.07) is 9.07. The van der Waals surface area contributed by atoms with Crippen molar-refractivity contribution in [2.75, 3.05) is 13.1 Å². The molecule has 3 aromatic rings. The second-order valence-corrected chi connectivity index (χ2v) is 14.7. The summed E-state index contributed by atoms with van der Waals surface area (Å²) in [7, 11) is 9.53. The number of para-hydroxylation sites is 1. The molecule has 0 bridgehead atoms. The van der Waals surface area contributed by atoms with Gasteiger partial charge in [-0.1, -0.05) is 57.5 Å². The Hall–Kier alpha value is -2.93. The van der Waals surface area contributed by atoms with Crippen LogP contribution in [0.2, 0.25) is 0 Å². The Balaban J connectivity index is 0.00000235. The predicted molar refractivity (Wildman–Crippen MR) is 185 cm³/mol. The molecule has 0 N–H and O–H groups in total. The average molecular weight is 824 g/mol. The first-order valence-electron chi connectivity index (χ1n) is 16.0. The van der Waals surface area contributed by atoms with Crippen LogP contribution in [0, 0.1) is 20.5 Å². The molecular weight excluding hydrogens is 786 g/mol. The van der Waals surface area contributed by atoms with Crippen molar-refractivity contribution in [2.24, 2.45) is 9.98 Å². The van der Waals surface area contributed by atoms with Gasteiger partial charge in [0.25, 0.3) is 0 Å². The molecule has 3 aromatic carbocycles. The zero-order valence-corrected chi connectivity index (χ0v) is 31.9. The van der Waals surface area contributed by atoms with E-state index < -0.39 is 52.3 Å². The third kappa shape index (κ3) is 11.1. The van der Waals surface area contributed by atoms with Gasteiger partial charge in [0.15, 0.2) is 0 Å². The molecule has 4 rings (SSSR count). The summed E-state index contributed by atoms with van der Waals surface area (Å²) in [6.07, 6.45) is -14.9. The zero-order valence-electron chi connectivity index (χ0n) is 29.3. The average Bonchev–Trinajstić information content (AvgIpc) is 3.03. The SMILES string of the molecule is CC(=Nc1c(C(C)C)cccc1C(C)C)N1[CH-]N(C(=Nc2c(C)cc(C)cc2C(F)(F)F)c2cc(C(F)(F)F)cc(C(F)(F)F)c2)CCC1.[Cl][Fe+][Cl]. The first kappa shape index (κ1) is 43.5. The number of benzene rings is 3. The Morgan fingerprint density at radius 2 is 1.23 bits per heavy atom. The maximum absolute atomic E-state index is 14.3. The molecule has 0 atom stereocenters. The third-order valence-corrected chi connectivity index (χ3v) is 8.19. The number of rotatable bonds is 5. The topological polar surface area (TPSA) is 31.2 Å². The quantitative estimate of drug-likeness (QED) is 0.0844. The van der Waals surface area contributed by atoms with Crippen molar-refractivity contribution in [3.63, 3.8) is 0 Å². The summed E-state index contributed by atoms with van der Waals surface area (Å²) in [4.78, 5) is 12.1. The van der Waals surface area contributed by atoms with Gasteiger partial charge >= 0.3 is 51.9 Å². The molecule has 287 valence electrons. The van der Waals surface area contributed by atoms with Crippen LogP contribution in [0.1, 0.15) is 97.4 Å². The van der Waals surface area contributed by atoms with Gasteiger partial charge in [0.2, 0.25) is 0 Å². The molecule has 0 unspecified atom stereocenters. The molecule has 0 aliphatic carbocycles. The molecule has 52 heavy (non-hydrogen) atoms. The minimum atomic E-state index is -5.18. The molecule has 16 heteroatoms. The molecule has 1 aliphatic heterocycles. The fourth-order valence-electron chi connectivity index (χ4n) is 5.78. The van der Waals surface area contributed by atoms with E-state index in [2.05, 4.69) is 4.99 Å². The van der Waals surface area contributed by atoms with E-state index in [0.29, 0.717) is 30.9 Å². The van der Waals surface area contributed by atoms with E-state index in [9.17, 15) is 39.5 Å². The molecule has 1 aliphatic rings. The Morgan fingerprint density at radius 3 is 1.69 bits per heavy atom. The van der Waals surface area contributed by atoms with Gasteiger partial charge in [-0.05, 0) is 93.1 Å². The van der Waals surface area contributed by atoms with E-state index >= 15 is 0 Å². The van der Waals surface area contributed by atoms with Gasteiger partial charge in [0, 0.05) is 5.56 Å². The normalized spacial score (nSPS) is 15.0. The van der Waals surface area contributed by atoms with Crippen molar-refractivity contribution in [2.45, 2.75) is 85.3 Å². The summed E-state index contributed by atoms with van der Waals surface area (Å²) in [6.45, 7) is 14.5. The van der Waals surface area contributed by atoms with Crippen LogP contribution in [0.4, 0.5) is 50.9 Å². The summed E-state index contributed by atoms with van der Waals surface area (Å²) in [5.74, 6) is 0.212. The van der Waals surface area contributed by atoms with Gasteiger partial charge in [-0.2, -0.15) is 46.2 Å². The van der Waals surface area contributed by atoms with Gasteiger partial charge in [-0.15, -0.1) is 0 Å². The first-order chi connectivity index (χ1) is 24.0. The van der Waals surface area contributed by atoms with Crippen molar-refractivity contribution in [3.05, 3.63) is 99.7 Å². The van der Waals surface area contributed by atoms with E-state index in [1.807, 2.05) is 45.9 Å². The van der Waals surface area contributed by atoms with Crippen LogP contribution in [-0.2, 0) is 31.7 Å². The van der Waals surface area contributed by atoms with Gasteiger partial charge in [-0.3, -0.25) is 0 Å². The summed E-state index contributed by atoms with van der Waals surface area (Å²) in [5, 5.41) is 0. The van der Waals surface area contributed by atoms with E-state index in [-0.39, 0.29) is 48.7 Å². The van der Waals surface area contributed by atoms with Gasteiger partial charge < -0.3 is 9.80 Å². The molecule has 1 heterocycles. The van der Waals surface area contributed by atoms with Gasteiger partial charge in [0.1, 0.15) is 5.84 Å². The fraction of sp³-hybridized carbons (Fsp3) is 0.417. The van der Waals surface area contributed by atoms with Gasteiger partial charge in [-0.25, -0.2) is 9.98 Å². The zero-order chi connectivity index (χ0) is 39.3. The van der Waals surface area contributed by atoms with Crippen molar-refractivity contribution >= 4 is 43.2 Å². The Morgan fingerprint density at radius 1 is 0.731 bits per heavy atom. The monoisotopic (exact) mass is 823 g/mol. The number of nitrogens with zero attached hydrogens (tertiary/aromatic N) is 4. The van der Waals surface area contributed by atoms with Gasteiger partial charge in [0.05, 0.1) is 33.9 Å². The number of hydrogen-bond acceptors (Lipinski definition) is 2. The molecule has 4 nitrogen and oxygen atoms in total. The van der Waals surface area contributed by atoms with Crippen LogP contribution >= 0.6 is 20.2 Å². The molecule has 0 saturated carbocycles. The second-order valence-electron chi connectivity index (χ2n) is 12.9. The van der Waals surface area contributed by atoms with Crippen molar-refractivity contribution in [3.8, 4) is 0 Å². The van der Waals surface area contributed by atoms with Crippen molar-refractivity contribution in [1.29, 1.82) is 0 Å². The van der Waals surface area contributed by atoms with E-state index in [4.69, 9.17) is 25.2 Å². The standard InChI is InChI=1S/C36H38F9N4.2ClH.Fe/c1-20(2)28-10-8-11-29(21(3)4)32(28)46-24(7)48-12-9-13-49(19-48)33(47-31-23(6)14-22(5)15-30(31)36(43,44)45)25-16-26(34(37,38)39)18-27(17-25)35(40,41)42;;;/h8,10-11,14-21H,9,12-13H2,1-7H3;2*1H;/q-1;;;+3/p-2. The molecule has 1 saturated heterocycles. The number of hydrogen-bond donors (Lipinski definition) is 0. The first-order valence-corrected chi connectivity index (χ1v) is 19.0. The predicted octanol–water partition coefficient (Wildman–Crippen LogP) is 12.9. The van der Waals surface area contributed by atoms with E-state index in [0.717, 1.165) is 22.9 Å². The van der Waals surface area contributed by atoms with Crippen LogP contribution in [-0.4, -0.2) is 34.6 Å². The Labute approximate surface area is 312 Å². The van der Waals surface area contributed by atoms with Crippen LogP contribution in [0.3, 0.4) is 0 Å². The van der Waals surface area contributed by atoms with Crippen LogP contribution in [0.25, 0.3) is 0 Å². The number of amidine groups is 2. The molecule has 0 spiro atoms. The Bertz CT molecular complexity index is 1710. The number of aliphatic imine (C=N–C) groups is 2. The molecule has 0 aromatic heterocycles. The summed E-state index contributed by atoms with van der Waals surface area (Å²) < 4.78 is 127. The van der Waals surface area contributed by atoms with Crippen LogP contribution in [0.15, 0.2) is 58.5 Å².